The van der Waals surface area contributed by atoms with Gasteiger partial charge < -0.3 is 9.84 Å². The summed E-state index contributed by atoms with van der Waals surface area (Å²) in [7, 11) is 0. The molecule has 93 valence electrons. The molecule has 0 aliphatic rings. The molecule has 18 heavy (non-hydrogen) atoms. The average molecular weight is 241 g/mol. The van der Waals surface area contributed by atoms with E-state index in [1.807, 2.05) is 42.5 Å². The third-order valence-electron chi connectivity index (χ3n) is 2.75. The largest absolute Gasteiger partial charge is 0.493 e. The lowest BCUT2D eigenvalue weighted by molar-refractivity contribution is 0.225. The third kappa shape index (κ3) is 3.60. The molecule has 0 saturated carbocycles. The van der Waals surface area contributed by atoms with Gasteiger partial charge in [0.25, 0.3) is 0 Å². The van der Waals surface area contributed by atoms with Gasteiger partial charge in [-0.15, -0.1) is 0 Å². The van der Waals surface area contributed by atoms with Crippen LogP contribution in [0.5, 0.6) is 5.75 Å². The first kappa shape index (κ1) is 12.7. The molecule has 0 bridgehead atoms. The fraction of sp³-hybridized carbons (Fsp3) is 0.188. The van der Waals surface area contributed by atoms with E-state index in [-0.39, 0.29) is 0 Å². The van der Waals surface area contributed by atoms with E-state index in [1.54, 1.807) is 0 Å². The molecule has 2 rings (SSSR count). The van der Waals surface area contributed by atoms with Crippen LogP contribution in [0.1, 0.15) is 17.2 Å². The first-order chi connectivity index (χ1) is 8.75. The summed E-state index contributed by atoms with van der Waals surface area (Å²) in [5.74, 6) is 0.770. The van der Waals surface area contributed by atoms with Crippen LogP contribution < -0.4 is 4.74 Å². The molecule has 2 heteroatoms. The summed E-state index contributed by atoms with van der Waals surface area (Å²) < 4.78 is 5.66. The normalized spacial score (nSPS) is 12.1. The lowest BCUT2D eigenvalue weighted by Crippen LogP contribution is -2.02. The summed E-state index contributed by atoms with van der Waals surface area (Å²) in [6, 6.07) is 17.6. The number of rotatable bonds is 5. The first-order valence-corrected chi connectivity index (χ1v) is 6.03. The SMILES string of the molecule is [CH2]C(O)c1cccc(OCCc2ccccc2)c1. The Balaban J connectivity index is 1.89. The van der Waals surface area contributed by atoms with E-state index in [0.29, 0.717) is 6.61 Å². The maximum atomic E-state index is 9.38. The molecule has 0 aliphatic heterocycles. The summed E-state index contributed by atoms with van der Waals surface area (Å²) in [6.07, 6.45) is 0.167. The van der Waals surface area contributed by atoms with Crippen molar-refractivity contribution in [1.29, 1.82) is 0 Å². The maximum absolute atomic E-state index is 9.38. The number of hydrogen-bond acceptors (Lipinski definition) is 2. The molecule has 2 aromatic carbocycles. The van der Waals surface area contributed by atoms with E-state index in [1.165, 1.54) is 5.56 Å². The van der Waals surface area contributed by atoms with Crippen molar-refractivity contribution in [3.05, 3.63) is 72.6 Å². The lowest BCUT2D eigenvalue weighted by Gasteiger charge is -2.09. The van der Waals surface area contributed by atoms with E-state index in [4.69, 9.17) is 4.74 Å². The molecular weight excluding hydrogens is 224 g/mol. The molecule has 2 aromatic rings. The van der Waals surface area contributed by atoms with Gasteiger partial charge >= 0.3 is 0 Å². The van der Waals surface area contributed by atoms with E-state index in [2.05, 4.69) is 19.1 Å². The second kappa shape index (κ2) is 6.22. The van der Waals surface area contributed by atoms with E-state index < -0.39 is 6.10 Å². The summed E-state index contributed by atoms with van der Waals surface area (Å²) in [4.78, 5) is 0. The summed E-state index contributed by atoms with van der Waals surface area (Å²) >= 11 is 0. The van der Waals surface area contributed by atoms with Gasteiger partial charge in [0.1, 0.15) is 5.75 Å². The number of hydrogen-bond donors (Lipinski definition) is 1. The number of benzene rings is 2. The van der Waals surface area contributed by atoms with Gasteiger partial charge in [-0.1, -0.05) is 42.5 Å². The van der Waals surface area contributed by atoms with Crippen LogP contribution in [0.3, 0.4) is 0 Å². The molecule has 0 heterocycles. The van der Waals surface area contributed by atoms with Gasteiger partial charge in [0.2, 0.25) is 0 Å². The maximum Gasteiger partial charge on any atom is 0.119 e. The predicted molar refractivity (Wildman–Crippen MR) is 72.4 cm³/mol. The molecule has 1 radical (unpaired) electrons. The molecular formula is C16H17O2. The van der Waals surface area contributed by atoms with E-state index in [9.17, 15) is 5.11 Å². The van der Waals surface area contributed by atoms with Gasteiger partial charge in [0.15, 0.2) is 0 Å². The van der Waals surface area contributed by atoms with Gasteiger partial charge in [-0.2, -0.15) is 0 Å². The Kier molecular flexibility index (Phi) is 4.37. The van der Waals surface area contributed by atoms with Gasteiger partial charge in [0, 0.05) is 6.42 Å². The fourth-order valence-electron chi connectivity index (χ4n) is 1.74. The first-order valence-electron chi connectivity index (χ1n) is 6.03. The second-order valence-corrected chi connectivity index (χ2v) is 4.17. The monoisotopic (exact) mass is 241 g/mol. The van der Waals surface area contributed by atoms with Crippen LogP contribution in [-0.4, -0.2) is 11.7 Å². The molecule has 0 spiro atoms. The van der Waals surface area contributed by atoms with Crippen molar-refractivity contribution in [2.75, 3.05) is 6.61 Å². The Morgan fingerprint density at radius 1 is 1.06 bits per heavy atom. The molecule has 0 aliphatic carbocycles. The predicted octanol–water partition coefficient (Wildman–Crippen LogP) is 3.18. The minimum atomic E-state index is -0.706. The highest BCUT2D eigenvalue weighted by atomic mass is 16.5. The van der Waals surface area contributed by atoms with Crippen LogP contribution in [0.2, 0.25) is 0 Å². The molecule has 1 unspecified atom stereocenters. The molecule has 1 atom stereocenters. The fourth-order valence-corrected chi connectivity index (χ4v) is 1.74. The Morgan fingerprint density at radius 3 is 2.56 bits per heavy atom. The van der Waals surface area contributed by atoms with Gasteiger partial charge in [0.05, 0.1) is 12.7 Å². The van der Waals surface area contributed by atoms with E-state index >= 15 is 0 Å². The zero-order valence-electron chi connectivity index (χ0n) is 10.3. The quantitative estimate of drug-likeness (QED) is 0.871. The Bertz CT molecular complexity index is 477. The number of aliphatic hydroxyl groups is 1. The average Bonchev–Trinajstić information content (AvgIpc) is 2.40. The van der Waals surface area contributed by atoms with Gasteiger partial charge in [-0.25, -0.2) is 0 Å². The van der Waals surface area contributed by atoms with Crippen LogP contribution >= 0.6 is 0 Å². The molecule has 2 nitrogen and oxygen atoms in total. The van der Waals surface area contributed by atoms with Gasteiger partial charge in [-0.3, -0.25) is 0 Å². The number of ether oxygens (including phenoxy) is 1. The van der Waals surface area contributed by atoms with Crippen molar-refractivity contribution >= 4 is 0 Å². The Labute approximate surface area is 108 Å². The van der Waals surface area contributed by atoms with E-state index in [0.717, 1.165) is 17.7 Å². The standard InChI is InChI=1S/C16H17O2/c1-13(17)15-8-5-9-16(12-15)18-11-10-14-6-3-2-4-7-14/h2-9,12-13,17H,1,10-11H2. The molecule has 1 N–H and O–H groups in total. The second-order valence-electron chi connectivity index (χ2n) is 4.17. The lowest BCUT2D eigenvalue weighted by atomic mass is 10.1. The van der Waals surface area contributed by atoms with Crippen molar-refractivity contribution < 1.29 is 9.84 Å². The van der Waals surface area contributed by atoms with Crippen molar-refractivity contribution in [3.63, 3.8) is 0 Å². The van der Waals surface area contributed by atoms with Crippen LogP contribution in [-0.2, 0) is 6.42 Å². The highest BCUT2D eigenvalue weighted by Gasteiger charge is 2.02. The van der Waals surface area contributed by atoms with Crippen molar-refractivity contribution in [2.45, 2.75) is 12.5 Å². The highest BCUT2D eigenvalue weighted by molar-refractivity contribution is 5.30. The molecule has 0 saturated heterocycles. The summed E-state index contributed by atoms with van der Waals surface area (Å²) in [5.41, 5.74) is 2.03. The molecule has 0 aromatic heterocycles. The minimum absolute atomic E-state index is 0.626. The zero-order chi connectivity index (χ0) is 12.8. The van der Waals surface area contributed by atoms with Crippen LogP contribution in [0.25, 0.3) is 0 Å². The Morgan fingerprint density at radius 2 is 1.83 bits per heavy atom. The number of aliphatic hydroxyl groups excluding tert-OH is 1. The van der Waals surface area contributed by atoms with Crippen LogP contribution in [0.4, 0.5) is 0 Å². The topological polar surface area (TPSA) is 29.5 Å². The highest BCUT2D eigenvalue weighted by Crippen LogP contribution is 2.18. The van der Waals surface area contributed by atoms with Crippen LogP contribution in [0.15, 0.2) is 54.6 Å². The smallest absolute Gasteiger partial charge is 0.119 e. The van der Waals surface area contributed by atoms with Gasteiger partial charge in [-0.05, 0) is 30.2 Å². The van der Waals surface area contributed by atoms with Crippen molar-refractivity contribution in [1.82, 2.24) is 0 Å². The van der Waals surface area contributed by atoms with Crippen molar-refractivity contribution in [3.8, 4) is 5.75 Å². The third-order valence-corrected chi connectivity index (χ3v) is 2.75. The molecule has 0 amide bonds. The Hall–Kier alpha value is -1.80. The summed E-state index contributed by atoms with van der Waals surface area (Å²) in [6.45, 7) is 4.20. The summed E-state index contributed by atoms with van der Waals surface area (Å²) in [5, 5.41) is 9.38. The molecule has 0 fully saturated rings. The zero-order valence-corrected chi connectivity index (χ0v) is 10.3. The minimum Gasteiger partial charge on any atom is -0.493 e. The van der Waals surface area contributed by atoms with Crippen LogP contribution in [0, 0.1) is 6.92 Å². The van der Waals surface area contributed by atoms with Crippen molar-refractivity contribution in [2.24, 2.45) is 0 Å².